The van der Waals surface area contributed by atoms with E-state index in [-0.39, 0.29) is 11.8 Å². The lowest BCUT2D eigenvalue weighted by Gasteiger charge is -2.15. The number of anilines is 1. The van der Waals surface area contributed by atoms with Crippen molar-refractivity contribution < 1.29 is 14.3 Å². The molecule has 3 rings (SSSR count). The number of ether oxygens (including phenoxy) is 1. The van der Waals surface area contributed by atoms with Gasteiger partial charge in [-0.2, -0.15) is 0 Å². The van der Waals surface area contributed by atoms with Crippen LogP contribution in [-0.2, 0) is 4.79 Å². The summed E-state index contributed by atoms with van der Waals surface area (Å²) in [7, 11) is 0. The minimum atomic E-state index is -0.112. The standard InChI is InChI=1S/C20H22N2O3/c23-19-8-4-14-22(19)17-11-9-16(10-12-17)20(24)21-13-5-15-25-18-6-2-1-3-7-18/h1-3,6-7,9-12H,4-5,8,13-15H2,(H,21,24). The van der Waals surface area contributed by atoms with E-state index in [4.69, 9.17) is 4.74 Å². The summed E-state index contributed by atoms with van der Waals surface area (Å²) in [5, 5.41) is 2.88. The number of benzene rings is 2. The summed E-state index contributed by atoms with van der Waals surface area (Å²) in [5.41, 5.74) is 1.45. The zero-order valence-corrected chi connectivity index (χ0v) is 14.1. The average molecular weight is 338 g/mol. The topological polar surface area (TPSA) is 58.6 Å². The zero-order valence-electron chi connectivity index (χ0n) is 14.1. The SMILES string of the molecule is O=C(NCCCOc1ccccc1)c1ccc(N2CCCC2=O)cc1. The first-order chi connectivity index (χ1) is 12.2. The minimum Gasteiger partial charge on any atom is -0.494 e. The molecule has 0 atom stereocenters. The monoisotopic (exact) mass is 338 g/mol. The number of nitrogens with zero attached hydrogens (tertiary/aromatic N) is 1. The maximum Gasteiger partial charge on any atom is 0.251 e. The number of hydrogen-bond acceptors (Lipinski definition) is 3. The number of carbonyl (C=O) groups excluding carboxylic acids is 2. The summed E-state index contributed by atoms with van der Waals surface area (Å²) >= 11 is 0. The quantitative estimate of drug-likeness (QED) is 0.790. The van der Waals surface area contributed by atoms with Crippen molar-refractivity contribution >= 4 is 17.5 Å². The van der Waals surface area contributed by atoms with Gasteiger partial charge >= 0.3 is 0 Å². The van der Waals surface area contributed by atoms with E-state index in [2.05, 4.69) is 5.32 Å². The van der Waals surface area contributed by atoms with Crippen molar-refractivity contribution in [3.05, 3.63) is 60.2 Å². The van der Waals surface area contributed by atoms with E-state index in [0.29, 0.717) is 25.1 Å². The fraction of sp³-hybridized carbons (Fsp3) is 0.300. The van der Waals surface area contributed by atoms with Gasteiger partial charge in [-0.05, 0) is 49.2 Å². The van der Waals surface area contributed by atoms with E-state index in [1.807, 2.05) is 42.5 Å². The summed E-state index contributed by atoms with van der Waals surface area (Å²) in [4.78, 5) is 25.6. The summed E-state index contributed by atoms with van der Waals surface area (Å²) in [6, 6.07) is 16.8. The molecule has 2 amide bonds. The highest BCUT2D eigenvalue weighted by atomic mass is 16.5. The summed E-state index contributed by atoms with van der Waals surface area (Å²) in [6.45, 7) is 1.87. The number of hydrogen-bond donors (Lipinski definition) is 1. The molecule has 0 aliphatic carbocycles. The molecule has 1 fully saturated rings. The molecular formula is C20H22N2O3. The van der Waals surface area contributed by atoms with Crippen LogP contribution in [0.3, 0.4) is 0 Å². The van der Waals surface area contributed by atoms with E-state index in [9.17, 15) is 9.59 Å². The Labute approximate surface area is 147 Å². The molecule has 0 radical (unpaired) electrons. The third-order valence-corrected chi connectivity index (χ3v) is 4.13. The Bertz CT molecular complexity index is 713. The lowest BCUT2D eigenvalue weighted by Crippen LogP contribution is -2.26. The second-order valence-electron chi connectivity index (χ2n) is 5.97. The van der Waals surface area contributed by atoms with Crippen LogP contribution in [0.2, 0.25) is 0 Å². The van der Waals surface area contributed by atoms with Gasteiger partial charge in [-0.3, -0.25) is 9.59 Å². The highest BCUT2D eigenvalue weighted by Crippen LogP contribution is 2.21. The highest BCUT2D eigenvalue weighted by molar-refractivity contribution is 5.97. The summed E-state index contributed by atoms with van der Waals surface area (Å²) in [6.07, 6.45) is 2.24. The van der Waals surface area contributed by atoms with Crippen molar-refractivity contribution in [2.45, 2.75) is 19.3 Å². The van der Waals surface area contributed by atoms with Crippen LogP contribution < -0.4 is 15.0 Å². The molecule has 1 aliphatic heterocycles. The molecule has 1 aliphatic rings. The highest BCUT2D eigenvalue weighted by Gasteiger charge is 2.21. The second kappa shape index (κ2) is 8.33. The Morgan fingerprint density at radius 3 is 2.52 bits per heavy atom. The maximum absolute atomic E-state index is 12.1. The first-order valence-electron chi connectivity index (χ1n) is 8.60. The smallest absolute Gasteiger partial charge is 0.251 e. The van der Waals surface area contributed by atoms with Gasteiger partial charge in [0.05, 0.1) is 6.61 Å². The van der Waals surface area contributed by atoms with E-state index in [1.165, 1.54) is 0 Å². The van der Waals surface area contributed by atoms with Gasteiger partial charge in [0.25, 0.3) is 5.91 Å². The van der Waals surface area contributed by atoms with Crippen LogP contribution in [0.25, 0.3) is 0 Å². The largest absolute Gasteiger partial charge is 0.494 e. The Morgan fingerprint density at radius 1 is 1.08 bits per heavy atom. The second-order valence-corrected chi connectivity index (χ2v) is 5.97. The Hall–Kier alpha value is -2.82. The number of carbonyl (C=O) groups is 2. The molecule has 0 spiro atoms. The Kier molecular flexibility index (Phi) is 5.67. The van der Waals surface area contributed by atoms with E-state index in [0.717, 1.165) is 30.8 Å². The Morgan fingerprint density at radius 2 is 1.84 bits per heavy atom. The lowest BCUT2D eigenvalue weighted by atomic mass is 10.2. The number of rotatable bonds is 7. The minimum absolute atomic E-state index is 0.112. The number of nitrogens with one attached hydrogen (secondary N) is 1. The fourth-order valence-corrected chi connectivity index (χ4v) is 2.80. The van der Waals surface area contributed by atoms with Crippen LogP contribution in [0.4, 0.5) is 5.69 Å². The molecule has 1 heterocycles. The fourth-order valence-electron chi connectivity index (χ4n) is 2.80. The lowest BCUT2D eigenvalue weighted by molar-refractivity contribution is -0.117. The van der Waals surface area contributed by atoms with Crippen LogP contribution in [0.1, 0.15) is 29.6 Å². The predicted molar refractivity (Wildman–Crippen MR) is 96.9 cm³/mol. The van der Waals surface area contributed by atoms with Gasteiger partial charge in [0.2, 0.25) is 5.91 Å². The summed E-state index contributed by atoms with van der Waals surface area (Å²) in [5.74, 6) is 0.871. The Balaban J connectivity index is 1.41. The summed E-state index contributed by atoms with van der Waals surface area (Å²) < 4.78 is 5.59. The molecule has 1 N–H and O–H groups in total. The molecule has 25 heavy (non-hydrogen) atoms. The van der Waals surface area contributed by atoms with Gasteiger partial charge in [0.1, 0.15) is 5.75 Å². The van der Waals surface area contributed by atoms with Crippen LogP contribution in [0, 0.1) is 0 Å². The molecule has 0 aromatic heterocycles. The van der Waals surface area contributed by atoms with Crippen LogP contribution >= 0.6 is 0 Å². The van der Waals surface area contributed by atoms with Gasteiger partial charge in [-0.25, -0.2) is 0 Å². The zero-order chi connectivity index (χ0) is 17.5. The molecule has 0 saturated carbocycles. The molecule has 5 heteroatoms. The van der Waals surface area contributed by atoms with Gasteiger partial charge in [-0.1, -0.05) is 18.2 Å². The molecule has 130 valence electrons. The molecule has 2 aromatic carbocycles. The molecule has 0 unspecified atom stereocenters. The first kappa shape index (κ1) is 17.0. The number of para-hydroxylation sites is 1. The van der Waals surface area contributed by atoms with Crippen LogP contribution in [0.15, 0.2) is 54.6 Å². The predicted octanol–water partition coefficient (Wildman–Crippen LogP) is 3.01. The van der Waals surface area contributed by atoms with E-state index < -0.39 is 0 Å². The first-order valence-corrected chi connectivity index (χ1v) is 8.60. The van der Waals surface area contributed by atoms with Crippen molar-refractivity contribution in [1.82, 2.24) is 5.32 Å². The molecule has 5 nitrogen and oxygen atoms in total. The molecule has 1 saturated heterocycles. The van der Waals surface area contributed by atoms with Crippen molar-refractivity contribution in [3.63, 3.8) is 0 Å². The van der Waals surface area contributed by atoms with Crippen LogP contribution in [-0.4, -0.2) is 31.5 Å². The van der Waals surface area contributed by atoms with Crippen molar-refractivity contribution in [2.24, 2.45) is 0 Å². The van der Waals surface area contributed by atoms with E-state index in [1.54, 1.807) is 17.0 Å². The average Bonchev–Trinajstić information content (AvgIpc) is 3.08. The van der Waals surface area contributed by atoms with Gasteiger partial charge < -0.3 is 15.0 Å². The molecular weight excluding hydrogens is 316 g/mol. The van der Waals surface area contributed by atoms with Gasteiger partial charge in [0, 0.05) is 30.8 Å². The molecule has 0 bridgehead atoms. The normalized spacial score (nSPS) is 13.8. The number of amides is 2. The third-order valence-electron chi connectivity index (χ3n) is 4.13. The van der Waals surface area contributed by atoms with Crippen molar-refractivity contribution in [1.29, 1.82) is 0 Å². The van der Waals surface area contributed by atoms with Gasteiger partial charge in [0.15, 0.2) is 0 Å². The van der Waals surface area contributed by atoms with Crippen molar-refractivity contribution in [3.8, 4) is 5.75 Å². The van der Waals surface area contributed by atoms with Crippen molar-refractivity contribution in [2.75, 3.05) is 24.6 Å². The van der Waals surface area contributed by atoms with Gasteiger partial charge in [-0.15, -0.1) is 0 Å². The molecule has 2 aromatic rings. The maximum atomic E-state index is 12.1. The van der Waals surface area contributed by atoms with E-state index >= 15 is 0 Å². The van der Waals surface area contributed by atoms with Crippen LogP contribution in [0.5, 0.6) is 5.75 Å². The third kappa shape index (κ3) is 4.59.